The van der Waals surface area contributed by atoms with E-state index in [1.54, 1.807) is 44.3 Å². The number of ether oxygens (including phenoxy) is 3. The molecular weight excluding hydrogens is 377 g/mol. The van der Waals surface area contributed by atoms with E-state index < -0.39 is 0 Å². The number of halogens is 1. The molecule has 0 bridgehead atoms. The van der Waals surface area contributed by atoms with Gasteiger partial charge >= 0.3 is 0 Å². The maximum absolute atomic E-state index is 13.3. The zero-order valence-electron chi connectivity index (χ0n) is 16.2. The number of methoxy groups -OCH3 is 3. The molecule has 0 spiro atoms. The third-order valence-electron chi connectivity index (χ3n) is 4.98. The van der Waals surface area contributed by atoms with Crippen molar-refractivity contribution in [3.63, 3.8) is 0 Å². The van der Waals surface area contributed by atoms with E-state index in [2.05, 4.69) is 10.4 Å². The van der Waals surface area contributed by atoms with Gasteiger partial charge in [-0.15, -0.1) is 0 Å². The summed E-state index contributed by atoms with van der Waals surface area (Å²) in [7, 11) is 4.64. The molecule has 3 aromatic rings. The average Bonchev–Trinajstić information content (AvgIpc) is 3.16. The van der Waals surface area contributed by atoms with Crippen molar-refractivity contribution in [2.75, 3.05) is 26.6 Å². The Hall–Kier alpha value is -3.55. The van der Waals surface area contributed by atoms with E-state index >= 15 is 0 Å². The van der Waals surface area contributed by atoms with E-state index in [9.17, 15) is 9.18 Å². The van der Waals surface area contributed by atoms with Crippen molar-refractivity contribution < 1.29 is 23.4 Å². The summed E-state index contributed by atoms with van der Waals surface area (Å²) in [5.74, 6) is 1.35. The van der Waals surface area contributed by atoms with Crippen molar-refractivity contribution in [1.82, 2.24) is 9.78 Å². The highest BCUT2D eigenvalue weighted by molar-refractivity contribution is 5.94. The Morgan fingerprint density at radius 3 is 2.31 bits per heavy atom. The topological polar surface area (TPSA) is 74.6 Å². The maximum atomic E-state index is 13.3. The molecule has 1 atom stereocenters. The zero-order valence-corrected chi connectivity index (χ0v) is 16.2. The van der Waals surface area contributed by atoms with Crippen molar-refractivity contribution in [1.29, 1.82) is 0 Å². The fourth-order valence-electron chi connectivity index (χ4n) is 3.60. The Morgan fingerprint density at radius 2 is 1.72 bits per heavy atom. The van der Waals surface area contributed by atoms with Crippen LogP contribution in [0.1, 0.15) is 23.5 Å². The van der Waals surface area contributed by atoms with Crippen molar-refractivity contribution in [2.24, 2.45) is 0 Å². The summed E-state index contributed by atoms with van der Waals surface area (Å²) in [6.45, 7) is 0. The van der Waals surface area contributed by atoms with Crippen LogP contribution >= 0.6 is 0 Å². The third-order valence-corrected chi connectivity index (χ3v) is 4.98. The number of aromatic nitrogens is 2. The van der Waals surface area contributed by atoms with Gasteiger partial charge in [-0.2, -0.15) is 5.10 Å². The van der Waals surface area contributed by atoms with Crippen LogP contribution in [0.15, 0.2) is 42.6 Å². The van der Waals surface area contributed by atoms with Gasteiger partial charge in [0.15, 0.2) is 11.5 Å². The largest absolute Gasteiger partial charge is 0.493 e. The van der Waals surface area contributed by atoms with Gasteiger partial charge in [-0.05, 0) is 42.0 Å². The molecule has 0 saturated carbocycles. The smallest absolute Gasteiger partial charge is 0.226 e. The molecule has 0 aliphatic carbocycles. The number of hydrogen-bond donors (Lipinski definition) is 1. The van der Waals surface area contributed by atoms with E-state index in [0.717, 1.165) is 11.1 Å². The van der Waals surface area contributed by atoms with Crippen LogP contribution in [0.5, 0.6) is 17.2 Å². The van der Waals surface area contributed by atoms with E-state index in [-0.39, 0.29) is 24.1 Å². The van der Waals surface area contributed by atoms with Crippen LogP contribution in [-0.4, -0.2) is 37.0 Å². The molecular formula is C21H20FN3O4. The minimum Gasteiger partial charge on any atom is -0.493 e. The number of carbonyl (C=O) groups is 1. The normalized spacial score (nSPS) is 15.4. The number of amides is 1. The highest BCUT2D eigenvalue weighted by Crippen LogP contribution is 2.44. The molecule has 0 unspecified atom stereocenters. The Balaban J connectivity index is 1.82. The van der Waals surface area contributed by atoms with Crippen molar-refractivity contribution in [2.45, 2.75) is 12.3 Å². The van der Waals surface area contributed by atoms with Gasteiger partial charge < -0.3 is 19.5 Å². The van der Waals surface area contributed by atoms with E-state index in [0.29, 0.717) is 28.8 Å². The summed E-state index contributed by atoms with van der Waals surface area (Å²) in [5.41, 5.74) is 2.34. The molecule has 1 amide bonds. The molecule has 29 heavy (non-hydrogen) atoms. The van der Waals surface area contributed by atoms with Crippen LogP contribution in [0.2, 0.25) is 0 Å². The molecule has 2 aromatic carbocycles. The molecule has 2 heterocycles. The van der Waals surface area contributed by atoms with E-state index in [1.807, 2.05) is 12.1 Å². The van der Waals surface area contributed by atoms with Gasteiger partial charge in [0.2, 0.25) is 11.7 Å². The summed E-state index contributed by atoms with van der Waals surface area (Å²) in [6.07, 6.45) is 1.97. The van der Waals surface area contributed by atoms with Crippen LogP contribution in [0.25, 0.3) is 5.69 Å². The predicted molar refractivity (Wildman–Crippen MR) is 105 cm³/mol. The van der Waals surface area contributed by atoms with Gasteiger partial charge in [0.1, 0.15) is 11.6 Å². The lowest BCUT2D eigenvalue weighted by Crippen LogP contribution is -2.24. The second-order valence-electron chi connectivity index (χ2n) is 6.60. The average molecular weight is 397 g/mol. The van der Waals surface area contributed by atoms with E-state index in [1.165, 1.54) is 12.1 Å². The molecule has 4 rings (SSSR count). The first-order chi connectivity index (χ1) is 14.0. The SMILES string of the molecule is COc1cc([C@@H]2CC(=O)Nc3c2cnn3-c2ccc(F)cc2)cc(OC)c1OC. The fraction of sp³-hybridized carbons (Fsp3) is 0.238. The number of benzene rings is 2. The molecule has 1 aromatic heterocycles. The monoisotopic (exact) mass is 397 g/mol. The molecule has 1 N–H and O–H groups in total. The van der Waals surface area contributed by atoms with Crippen LogP contribution in [0.4, 0.5) is 10.2 Å². The summed E-state index contributed by atoms with van der Waals surface area (Å²) >= 11 is 0. The highest BCUT2D eigenvalue weighted by atomic mass is 19.1. The minimum absolute atomic E-state index is 0.139. The first-order valence-corrected chi connectivity index (χ1v) is 8.99. The van der Waals surface area contributed by atoms with E-state index in [4.69, 9.17) is 14.2 Å². The quantitative estimate of drug-likeness (QED) is 0.713. The van der Waals surface area contributed by atoms with Gasteiger partial charge in [0.05, 0.1) is 33.2 Å². The Kier molecular flexibility index (Phi) is 4.84. The standard InChI is InChI=1S/C21H20FN3O4/c1-27-17-8-12(9-18(28-2)20(17)29-3)15-10-19(26)24-21-16(15)11-23-25(21)14-6-4-13(22)5-7-14/h4-9,11,15H,10H2,1-3H3,(H,24,26)/t15-/m0/s1. The number of nitrogens with zero attached hydrogens (tertiary/aromatic N) is 2. The second-order valence-corrected chi connectivity index (χ2v) is 6.60. The van der Waals surface area contributed by atoms with Crippen LogP contribution in [0.3, 0.4) is 0 Å². The van der Waals surface area contributed by atoms with Crippen molar-refractivity contribution in [3.8, 4) is 22.9 Å². The molecule has 8 heteroatoms. The van der Waals surface area contributed by atoms with Gasteiger partial charge in [0.25, 0.3) is 0 Å². The minimum atomic E-state index is -0.339. The van der Waals surface area contributed by atoms with Crippen LogP contribution in [-0.2, 0) is 4.79 Å². The Labute approximate surface area is 167 Å². The first-order valence-electron chi connectivity index (χ1n) is 8.99. The van der Waals surface area contributed by atoms with Gasteiger partial charge in [-0.25, -0.2) is 9.07 Å². The van der Waals surface area contributed by atoms with Crippen LogP contribution < -0.4 is 19.5 Å². The number of fused-ring (bicyclic) bond motifs is 1. The molecule has 7 nitrogen and oxygen atoms in total. The third kappa shape index (κ3) is 3.26. The lowest BCUT2D eigenvalue weighted by molar-refractivity contribution is -0.116. The Bertz CT molecular complexity index is 1040. The lowest BCUT2D eigenvalue weighted by atomic mass is 9.87. The predicted octanol–water partition coefficient (Wildman–Crippen LogP) is 3.51. The second kappa shape index (κ2) is 7.46. The number of anilines is 1. The first kappa shape index (κ1) is 18.8. The number of rotatable bonds is 5. The Morgan fingerprint density at radius 1 is 1.07 bits per heavy atom. The molecule has 150 valence electrons. The molecule has 1 aliphatic rings. The van der Waals surface area contributed by atoms with Crippen LogP contribution in [0, 0.1) is 5.82 Å². The summed E-state index contributed by atoms with van der Waals surface area (Å²) in [6, 6.07) is 9.60. The molecule has 0 saturated heterocycles. The molecule has 0 radical (unpaired) electrons. The van der Waals surface area contributed by atoms with Crippen molar-refractivity contribution in [3.05, 3.63) is 59.5 Å². The number of hydrogen-bond acceptors (Lipinski definition) is 5. The summed E-state index contributed by atoms with van der Waals surface area (Å²) in [5, 5.41) is 7.30. The molecule has 1 aliphatic heterocycles. The summed E-state index contributed by atoms with van der Waals surface area (Å²) in [4.78, 5) is 12.5. The lowest BCUT2D eigenvalue weighted by Gasteiger charge is -2.25. The maximum Gasteiger partial charge on any atom is 0.226 e. The highest BCUT2D eigenvalue weighted by Gasteiger charge is 2.31. The van der Waals surface area contributed by atoms with Gasteiger partial charge in [0, 0.05) is 17.9 Å². The number of carbonyl (C=O) groups excluding carboxylic acids is 1. The summed E-state index contributed by atoms with van der Waals surface area (Å²) < 4.78 is 31.2. The van der Waals surface area contributed by atoms with Gasteiger partial charge in [-0.1, -0.05) is 0 Å². The zero-order chi connectivity index (χ0) is 20.5. The van der Waals surface area contributed by atoms with Crippen molar-refractivity contribution >= 4 is 11.7 Å². The molecule has 0 fully saturated rings. The fourth-order valence-corrected chi connectivity index (χ4v) is 3.60. The number of nitrogens with one attached hydrogen (secondary N) is 1. The van der Waals surface area contributed by atoms with Gasteiger partial charge in [-0.3, -0.25) is 4.79 Å².